The van der Waals surface area contributed by atoms with Gasteiger partial charge in [0.05, 0.1) is 12.0 Å². The average molecular weight is 344 g/mol. The van der Waals surface area contributed by atoms with E-state index in [1.54, 1.807) is 61.5 Å². The maximum absolute atomic E-state index is 12.9. The second-order valence-corrected chi connectivity index (χ2v) is 6.05. The zero-order valence-corrected chi connectivity index (χ0v) is 14.6. The van der Waals surface area contributed by atoms with E-state index in [1.165, 1.54) is 0 Å². The molecule has 26 heavy (non-hydrogen) atoms. The summed E-state index contributed by atoms with van der Waals surface area (Å²) in [4.78, 5) is 38.1. The first-order valence-electron chi connectivity index (χ1n) is 7.92. The van der Waals surface area contributed by atoms with Crippen molar-refractivity contribution in [2.75, 3.05) is 0 Å². The van der Waals surface area contributed by atoms with Crippen LogP contribution in [0.1, 0.15) is 24.1 Å². The fraction of sp³-hybridized carbons (Fsp3) is 0.211. The summed E-state index contributed by atoms with van der Waals surface area (Å²) in [7, 11) is 0. The summed E-state index contributed by atoms with van der Waals surface area (Å²) in [5.74, 6) is -2.42. The van der Waals surface area contributed by atoms with Crippen LogP contribution in [0.3, 0.4) is 0 Å². The molecule has 0 radical (unpaired) electrons. The molecule has 0 bridgehead atoms. The van der Waals surface area contributed by atoms with Gasteiger partial charge in [0.1, 0.15) is 0 Å². The topological polar surface area (TPSA) is 89.5 Å². The van der Waals surface area contributed by atoms with Gasteiger partial charge in [-0.15, -0.1) is 0 Å². The van der Waals surface area contributed by atoms with E-state index in [0.717, 1.165) is 10.5 Å². The van der Waals surface area contributed by atoms with Crippen LogP contribution in [0.25, 0.3) is 0 Å². The smallest absolute Gasteiger partial charge is 0.547 e. The van der Waals surface area contributed by atoms with E-state index in [9.17, 15) is 19.5 Å². The molecule has 2 atom stereocenters. The molecule has 2 aromatic carbocycles. The van der Waals surface area contributed by atoms with Gasteiger partial charge in [0.25, 0.3) is 5.91 Å². The number of urea groups is 1. The zero-order valence-electron chi connectivity index (χ0n) is 14.6. The average Bonchev–Trinajstić information content (AvgIpc) is 2.87. The molecule has 1 aliphatic rings. The number of rotatable bonds is 5. The van der Waals surface area contributed by atoms with Crippen LogP contribution in [0.4, 0.5) is 4.79 Å². The molecule has 1 saturated heterocycles. The van der Waals surface area contributed by atoms with E-state index in [0.29, 0.717) is 5.56 Å². The summed E-state index contributed by atoms with van der Waals surface area (Å²) in [6.07, 6.45) is -0.168. The van der Waals surface area contributed by atoms with E-state index in [4.69, 9.17) is 0 Å². The Morgan fingerprint density at radius 2 is 1.62 bits per heavy atom. The van der Waals surface area contributed by atoms with Crippen LogP contribution in [0.2, 0.25) is 0 Å². The molecule has 0 aromatic heterocycles. The SMILES string of the molecule is C[C@H](c1ccccc1)N1C(=O)NC(Cc2ccccc2)(C(=O)[O-])C1=O.[Li+]. The Hall–Kier alpha value is -2.55. The molecule has 1 fully saturated rings. The Labute approximate surface area is 163 Å². The van der Waals surface area contributed by atoms with Gasteiger partial charge in [0.15, 0.2) is 5.54 Å². The number of nitrogens with zero attached hydrogens (tertiary/aromatic N) is 1. The number of benzene rings is 2. The van der Waals surface area contributed by atoms with Gasteiger partial charge in [0.2, 0.25) is 0 Å². The van der Waals surface area contributed by atoms with Crippen LogP contribution in [0, 0.1) is 0 Å². The number of carbonyl (C=O) groups excluding carboxylic acids is 3. The minimum absolute atomic E-state index is 0. The van der Waals surface area contributed by atoms with E-state index in [2.05, 4.69) is 5.32 Å². The Bertz CT molecular complexity index is 813. The fourth-order valence-electron chi connectivity index (χ4n) is 3.06. The van der Waals surface area contributed by atoms with Crippen molar-refractivity contribution in [1.82, 2.24) is 10.2 Å². The predicted molar refractivity (Wildman–Crippen MR) is 88.1 cm³/mol. The van der Waals surface area contributed by atoms with Crippen LogP contribution < -0.4 is 29.3 Å². The second kappa shape index (κ2) is 7.77. The van der Waals surface area contributed by atoms with Crippen molar-refractivity contribution in [3.8, 4) is 0 Å². The monoisotopic (exact) mass is 344 g/mol. The molecule has 0 saturated carbocycles. The summed E-state index contributed by atoms with van der Waals surface area (Å²) in [5, 5.41) is 14.2. The van der Waals surface area contributed by atoms with Crippen molar-refractivity contribution in [2.24, 2.45) is 0 Å². The number of carbonyl (C=O) groups is 3. The van der Waals surface area contributed by atoms with E-state index >= 15 is 0 Å². The van der Waals surface area contributed by atoms with Crippen molar-refractivity contribution in [3.05, 3.63) is 71.8 Å². The first kappa shape index (κ1) is 19.8. The molecule has 3 amide bonds. The van der Waals surface area contributed by atoms with Gasteiger partial charge in [-0.1, -0.05) is 60.7 Å². The van der Waals surface area contributed by atoms with Gasteiger partial charge >= 0.3 is 24.9 Å². The predicted octanol–water partition coefficient (Wildman–Crippen LogP) is -1.97. The Morgan fingerprint density at radius 3 is 2.15 bits per heavy atom. The minimum Gasteiger partial charge on any atom is -0.547 e. The number of aliphatic carboxylic acids is 1. The number of carboxylic acids is 1. The van der Waals surface area contributed by atoms with E-state index in [1.807, 2.05) is 6.07 Å². The molecule has 3 rings (SSSR count). The number of carboxylic acid groups (broad SMARTS) is 1. The van der Waals surface area contributed by atoms with Crippen LogP contribution in [0.5, 0.6) is 0 Å². The van der Waals surface area contributed by atoms with Crippen LogP contribution >= 0.6 is 0 Å². The Kier molecular flexibility index (Phi) is 5.91. The fourth-order valence-corrected chi connectivity index (χ4v) is 3.06. The van der Waals surface area contributed by atoms with Gasteiger partial charge in [-0.2, -0.15) is 0 Å². The summed E-state index contributed by atoms with van der Waals surface area (Å²) in [6.45, 7) is 1.68. The first-order chi connectivity index (χ1) is 12.0. The summed E-state index contributed by atoms with van der Waals surface area (Å²) >= 11 is 0. The molecular weight excluding hydrogens is 327 g/mol. The van der Waals surface area contributed by atoms with Gasteiger partial charge in [-0.3, -0.25) is 9.69 Å². The van der Waals surface area contributed by atoms with Gasteiger partial charge in [-0.05, 0) is 18.1 Å². The normalized spacial score (nSPS) is 20.3. The Balaban J connectivity index is 0.00000243. The molecule has 1 N–H and O–H groups in total. The maximum Gasteiger partial charge on any atom is 1.00 e. The standard InChI is InChI=1S/C19H18N2O4.Li/c1-13(15-10-6-3-7-11-15)21-16(22)19(17(23)24,20-18(21)25)12-14-8-4-2-5-9-14;/h2-11,13H,12H2,1H3,(H,20,25)(H,23,24);/q;+1/p-1/t13-,19?;/m1./s1. The molecule has 0 spiro atoms. The van der Waals surface area contributed by atoms with Crippen LogP contribution in [0.15, 0.2) is 60.7 Å². The third-order valence-electron chi connectivity index (χ3n) is 4.45. The number of imide groups is 1. The summed E-state index contributed by atoms with van der Waals surface area (Å²) in [6, 6.07) is 16.3. The zero-order chi connectivity index (χ0) is 18.0. The van der Waals surface area contributed by atoms with Crippen molar-refractivity contribution in [1.29, 1.82) is 0 Å². The molecule has 6 nitrogen and oxygen atoms in total. The van der Waals surface area contributed by atoms with Crippen LogP contribution in [-0.2, 0) is 16.0 Å². The molecule has 1 heterocycles. The third-order valence-corrected chi connectivity index (χ3v) is 4.45. The number of hydrogen-bond acceptors (Lipinski definition) is 4. The van der Waals surface area contributed by atoms with Crippen LogP contribution in [-0.4, -0.2) is 28.3 Å². The minimum atomic E-state index is -2.10. The number of amides is 3. The molecule has 7 heteroatoms. The summed E-state index contributed by atoms with van der Waals surface area (Å²) < 4.78 is 0. The molecule has 1 unspecified atom stereocenters. The maximum atomic E-state index is 12.9. The third kappa shape index (κ3) is 3.39. The van der Waals surface area contributed by atoms with Crippen molar-refractivity contribution in [3.63, 3.8) is 0 Å². The molecule has 0 aliphatic carbocycles. The second-order valence-electron chi connectivity index (χ2n) is 6.05. The van der Waals surface area contributed by atoms with Gasteiger partial charge in [-0.25, -0.2) is 4.79 Å². The van der Waals surface area contributed by atoms with Gasteiger partial charge in [0, 0.05) is 6.42 Å². The molecule has 2 aromatic rings. The molecule has 1 aliphatic heterocycles. The molecule has 128 valence electrons. The van der Waals surface area contributed by atoms with Crippen molar-refractivity contribution in [2.45, 2.75) is 24.9 Å². The number of hydrogen-bond donors (Lipinski definition) is 1. The van der Waals surface area contributed by atoms with Gasteiger partial charge < -0.3 is 15.2 Å². The van der Waals surface area contributed by atoms with Crippen molar-refractivity contribution < 1.29 is 38.4 Å². The van der Waals surface area contributed by atoms with E-state index < -0.39 is 29.5 Å². The molecular formula is C19H17LiN2O4. The number of nitrogens with one attached hydrogen (secondary N) is 1. The Morgan fingerprint density at radius 1 is 1.08 bits per heavy atom. The first-order valence-corrected chi connectivity index (χ1v) is 7.92. The van der Waals surface area contributed by atoms with Crippen molar-refractivity contribution >= 4 is 17.9 Å². The van der Waals surface area contributed by atoms with E-state index in [-0.39, 0.29) is 25.3 Å². The largest absolute Gasteiger partial charge is 1.00 e. The quantitative estimate of drug-likeness (QED) is 0.387. The summed E-state index contributed by atoms with van der Waals surface area (Å²) in [5.41, 5.74) is -0.740.